The van der Waals surface area contributed by atoms with Gasteiger partial charge in [-0.25, -0.2) is 42.5 Å². The van der Waals surface area contributed by atoms with E-state index in [1.165, 1.54) is 13.7 Å². The molecule has 3 aliphatic carbocycles. The van der Waals surface area contributed by atoms with E-state index in [4.69, 9.17) is 14.2 Å². The molecule has 1 aromatic rings. The normalized spacial score (nSPS) is 31.3. The van der Waals surface area contributed by atoms with Crippen molar-refractivity contribution in [1.29, 1.82) is 0 Å². The highest BCUT2D eigenvalue weighted by Gasteiger charge is 2.47. The maximum Gasteiger partial charge on any atom is 0.407 e. The molecule has 0 spiro atoms. The topological polar surface area (TPSA) is 190 Å². The molecule has 3 aliphatic heterocycles. The minimum atomic E-state index is -0.660. The lowest BCUT2D eigenvalue weighted by atomic mass is 9.62. The lowest BCUT2D eigenvalue weighted by molar-refractivity contribution is 0.0397. The molecule has 372 valence electrons. The van der Waals surface area contributed by atoms with Gasteiger partial charge in [0, 0.05) is 96.7 Å². The summed E-state index contributed by atoms with van der Waals surface area (Å²) in [5.74, 6) is 0. The number of alkyl carbamates (subject to hydrolysis) is 3. The molecule has 3 saturated carbocycles. The van der Waals surface area contributed by atoms with Crippen LogP contribution < -0.4 is 33.0 Å². The van der Waals surface area contributed by atoms with Crippen molar-refractivity contribution in [2.24, 2.45) is 32.5 Å². The van der Waals surface area contributed by atoms with E-state index in [0.717, 1.165) is 39.3 Å². The maximum absolute atomic E-state index is 15.0. The summed E-state index contributed by atoms with van der Waals surface area (Å²) in [6.07, 6.45) is 4.21. The Bertz CT molecular complexity index is 1860. The first-order valence-corrected chi connectivity index (χ1v) is 24.7. The highest BCUT2D eigenvalue weighted by molar-refractivity contribution is 5.68. The molecule has 0 aromatic carbocycles. The van der Waals surface area contributed by atoms with Gasteiger partial charge >= 0.3 is 35.3 Å². The second-order valence-corrected chi connectivity index (χ2v) is 24.7. The van der Waals surface area contributed by atoms with E-state index in [0.29, 0.717) is 97.2 Å². The first-order chi connectivity index (χ1) is 30.8. The van der Waals surface area contributed by atoms with Gasteiger partial charge in [-0.15, -0.1) is 0 Å². The van der Waals surface area contributed by atoms with Gasteiger partial charge in [0.25, 0.3) is 0 Å². The predicted molar refractivity (Wildman–Crippen MR) is 251 cm³/mol. The van der Waals surface area contributed by atoms with Crippen molar-refractivity contribution in [3.63, 3.8) is 0 Å². The summed E-state index contributed by atoms with van der Waals surface area (Å²) < 4.78 is 20.4. The highest BCUT2D eigenvalue weighted by atomic mass is 16.6. The fourth-order valence-electron chi connectivity index (χ4n) is 13.1. The number of ether oxygens (including phenoxy) is 3. The van der Waals surface area contributed by atoms with Gasteiger partial charge < -0.3 is 30.2 Å². The molecule has 6 fully saturated rings. The zero-order valence-corrected chi connectivity index (χ0v) is 41.6. The van der Waals surface area contributed by atoms with Crippen molar-refractivity contribution < 1.29 is 28.6 Å². The van der Waals surface area contributed by atoms with Gasteiger partial charge in [-0.1, -0.05) is 62.3 Å². The number of rotatable bonds is 18. The molecule has 18 heteroatoms. The Balaban J connectivity index is 1.18. The average Bonchev–Trinajstić information content (AvgIpc) is 3.99. The molecule has 18 nitrogen and oxygen atoms in total. The molecule has 3 amide bonds. The number of nitrogens with one attached hydrogen (secondary N) is 3. The number of hydrogen-bond donors (Lipinski definition) is 3. The van der Waals surface area contributed by atoms with E-state index >= 15 is 14.4 Å². The van der Waals surface area contributed by atoms with E-state index in [9.17, 15) is 14.4 Å². The quantitative estimate of drug-likeness (QED) is 0.142. The monoisotopic (exact) mass is 928 g/mol. The van der Waals surface area contributed by atoms with Crippen LogP contribution in [0.3, 0.4) is 0 Å². The van der Waals surface area contributed by atoms with E-state index < -0.39 is 51.6 Å². The Morgan fingerprint density at radius 3 is 0.909 bits per heavy atom. The van der Waals surface area contributed by atoms with Gasteiger partial charge in [-0.3, -0.25) is 14.7 Å². The molecule has 0 radical (unpaired) electrons. The van der Waals surface area contributed by atoms with E-state index in [2.05, 4.69) is 93.0 Å². The Morgan fingerprint density at radius 2 is 0.682 bits per heavy atom. The Labute approximate surface area is 390 Å². The van der Waals surface area contributed by atoms with E-state index in [1.54, 1.807) is 0 Å². The van der Waals surface area contributed by atoms with Gasteiger partial charge in [0.1, 0.15) is 19.8 Å². The number of nitrogens with zero attached hydrogens (tertiary/aromatic N) is 6. The fourth-order valence-corrected chi connectivity index (χ4v) is 13.1. The first kappa shape index (κ1) is 50.0. The largest absolute Gasteiger partial charge is 0.448 e. The van der Waals surface area contributed by atoms with E-state index in [-0.39, 0.29) is 54.0 Å². The average molecular weight is 928 g/mol. The fraction of sp³-hybridized carbons (Fsp3) is 0.875. The second-order valence-electron chi connectivity index (χ2n) is 24.7. The first-order valence-electron chi connectivity index (χ1n) is 24.7. The van der Waals surface area contributed by atoms with Crippen LogP contribution in [0.2, 0.25) is 0 Å². The van der Waals surface area contributed by atoms with Gasteiger partial charge in [-0.2, -0.15) is 0 Å². The summed E-state index contributed by atoms with van der Waals surface area (Å²) in [6, 6.07) is -0.770. The van der Waals surface area contributed by atoms with Crippen LogP contribution in [-0.2, 0) is 33.8 Å². The molecular formula is C48H81N9O9. The third-order valence-corrected chi connectivity index (χ3v) is 14.8. The van der Waals surface area contributed by atoms with Crippen LogP contribution >= 0.6 is 0 Å². The zero-order chi connectivity index (χ0) is 47.9. The predicted octanol–water partition coefficient (Wildman–Crippen LogP) is 4.05. The summed E-state index contributed by atoms with van der Waals surface area (Å²) >= 11 is 0. The van der Waals surface area contributed by atoms with Crippen molar-refractivity contribution in [3.8, 4) is 0 Å². The third-order valence-electron chi connectivity index (χ3n) is 14.8. The van der Waals surface area contributed by atoms with E-state index in [1.807, 2.05) is 0 Å². The molecule has 3 saturated heterocycles. The van der Waals surface area contributed by atoms with Gasteiger partial charge in [-0.05, 0) is 90.3 Å². The Hall–Kier alpha value is -3.90. The van der Waals surface area contributed by atoms with Crippen LogP contribution in [0.1, 0.15) is 120 Å². The minimum absolute atomic E-state index is 0.0435. The van der Waals surface area contributed by atoms with Crippen LogP contribution in [0, 0.1) is 32.5 Å². The zero-order valence-electron chi connectivity index (χ0n) is 41.6. The number of amides is 3. The van der Waals surface area contributed by atoms with Crippen molar-refractivity contribution in [1.82, 2.24) is 44.4 Å². The molecular weight excluding hydrogens is 847 g/mol. The van der Waals surface area contributed by atoms with Crippen molar-refractivity contribution in [2.45, 2.75) is 158 Å². The van der Waals surface area contributed by atoms with Crippen LogP contribution in [0.25, 0.3) is 0 Å². The molecule has 4 heterocycles. The molecule has 3 N–H and O–H groups in total. The number of carbonyl (C=O) groups excluding carboxylic acids is 3. The molecule has 6 unspecified atom stereocenters. The van der Waals surface area contributed by atoms with Crippen molar-refractivity contribution >= 4 is 18.3 Å². The number of hydrogen-bond acceptors (Lipinski definition) is 12. The highest BCUT2D eigenvalue weighted by Crippen LogP contribution is 2.49. The Kier molecular flexibility index (Phi) is 14.6. The van der Waals surface area contributed by atoms with Crippen LogP contribution in [0.5, 0.6) is 0 Å². The smallest absolute Gasteiger partial charge is 0.407 e. The lowest BCUT2D eigenvalue weighted by Crippen LogP contribution is -2.60. The molecule has 66 heavy (non-hydrogen) atoms. The lowest BCUT2D eigenvalue weighted by Gasteiger charge is -2.48. The van der Waals surface area contributed by atoms with Crippen molar-refractivity contribution in [3.05, 3.63) is 31.5 Å². The molecule has 1 aromatic heterocycles. The SMILES string of the molecule is CC1(C)CC(NC(=O)OCCN2CC2)CC(C)(Cn2c(=O)n(CC3(C)CC(NC(=O)OCCN4CC4)CC(C)(C)C3)c(=O)n(CC3(C)CC(NC(=O)OCCN4CC4)CC(C)(C)C3)c2=O)C1. The summed E-state index contributed by atoms with van der Waals surface area (Å²) in [5, 5.41) is 9.27. The van der Waals surface area contributed by atoms with Crippen LogP contribution in [-0.4, -0.2) is 144 Å². The van der Waals surface area contributed by atoms with Crippen LogP contribution in [0.4, 0.5) is 14.4 Å². The van der Waals surface area contributed by atoms with Gasteiger partial charge in [0.2, 0.25) is 0 Å². The molecule has 6 aliphatic rings. The minimum Gasteiger partial charge on any atom is -0.448 e. The standard InChI is InChI=1S/C48H81N9O9/c1-43(2)22-34(49-37(58)64-19-16-52-10-11-52)25-46(7,28-43)31-55-40(61)56(32-47(8)26-35(23-44(3,4)29-47)50-38(59)65-20-17-53-12-13-53)42(63)57(41(55)62)33-48(9)27-36(24-45(5,6)30-48)51-39(60)66-21-18-54-14-15-54/h34-36H,10-33H2,1-9H3,(H,49,58)(H,50,59)(H,51,60). The summed E-state index contributed by atoms with van der Waals surface area (Å²) in [6.45, 7) is 28.3. The third kappa shape index (κ3) is 14.1. The maximum atomic E-state index is 15.0. The van der Waals surface area contributed by atoms with Gasteiger partial charge in [0.15, 0.2) is 0 Å². The summed E-state index contributed by atoms with van der Waals surface area (Å²) in [5.41, 5.74) is -4.58. The molecule has 6 atom stereocenters. The summed E-state index contributed by atoms with van der Waals surface area (Å²) in [4.78, 5) is 90.7. The number of aromatic nitrogens is 3. The second kappa shape index (κ2) is 19.2. The van der Waals surface area contributed by atoms with Gasteiger partial charge in [0.05, 0.1) is 0 Å². The summed E-state index contributed by atoms with van der Waals surface area (Å²) in [7, 11) is 0. The van der Waals surface area contributed by atoms with Crippen LogP contribution in [0.15, 0.2) is 14.4 Å². The molecule has 0 bridgehead atoms. The molecule has 7 rings (SSSR count). The number of carbonyl (C=O) groups is 3. The van der Waals surface area contributed by atoms with Crippen molar-refractivity contribution in [2.75, 3.05) is 78.7 Å². The Morgan fingerprint density at radius 1 is 0.439 bits per heavy atom.